The Morgan fingerprint density at radius 2 is 2.33 bits per heavy atom. The monoisotopic (exact) mass is 159 g/mol. The van der Waals surface area contributed by atoms with Crippen molar-refractivity contribution in [1.82, 2.24) is 4.98 Å². The third-order valence-corrected chi connectivity index (χ3v) is 1.77. The third kappa shape index (κ3) is 1.09. The molecular weight excluding hydrogens is 150 g/mol. The van der Waals surface area contributed by atoms with E-state index in [9.17, 15) is 0 Å². The summed E-state index contributed by atoms with van der Waals surface area (Å²) >= 11 is 0. The maximum absolute atomic E-state index is 5.71. The molecule has 0 bridgehead atoms. The molecule has 2 N–H and O–H groups in total. The maximum Gasteiger partial charge on any atom is 0.0892 e. The summed E-state index contributed by atoms with van der Waals surface area (Å²) < 4.78 is 0. The van der Waals surface area contributed by atoms with Gasteiger partial charge in [0.25, 0.3) is 0 Å². The highest BCUT2D eigenvalue weighted by Crippen LogP contribution is 2.08. The second-order valence-corrected chi connectivity index (χ2v) is 2.59. The third-order valence-electron chi connectivity index (χ3n) is 1.77. The Morgan fingerprint density at radius 1 is 1.42 bits per heavy atom. The zero-order valence-electron chi connectivity index (χ0n) is 6.57. The first kappa shape index (κ1) is 7.03. The second kappa shape index (κ2) is 2.77. The number of nitrogens with two attached hydrogens (primary N) is 1. The largest absolute Gasteiger partial charge is 0.397 e. The van der Waals surface area contributed by atoms with Gasteiger partial charge in [-0.25, -0.2) is 0 Å². The number of rotatable bonds is 1. The number of hydrogen-bond acceptors (Lipinski definition) is 3. The molecule has 0 radical (unpaired) electrons. The van der Waals surface area contributed by atoms with Crippen LogP contribution in [0.2, 0.25) is 0 Å². The van der Waals surface area contributed by atoms with E-state index < -0.39 is 0 Å². The van der Waals surface area contributed by atoms with Crippen LogP contribution in [0, 0.1) is 0 Å². The Labute approximate surface area is 70.7 Å². The van der Waals surface area contributed by atoms with Crippen LogP contribution >= 0.6 is 0 Å². The van der Waals surface area contributed by atoms with E-state index in [-0.39, 0.29) is 0 Å². The molecule has 0 spiro atoms. The molecule has 1 aromatic heterocycles. The van der Waals surface area contributed by atoms with E-state index in [0.29, 0.717) is 6.54 Å². The Kier molecular flexibility index (Phi) is 1.63. The van der Waals surface area contributed by atoms with E-state index in [1.54, 1.807) is 12.4 Å². The standard InChI is InChI=1S/C9H9N3/c10-8-3-5-12-9(8)7-2-1-4-11-6-7/h1-4,6H,5,10H2. The summed E-state index contributed by atoms with van der Waals surface area (Å²) in [7, 11) is 0. The Morgan fingerprint density at radius 3 is 2.92 bits per heavy atom. The minimum atomic E-state index is 0.691. The summed E-state index contributed by atoms with van der Waals surface area (Å²) in [5.41, 5.74) is 8.32. The van der Waals surface area contributed by atoms with Crippen LogP contribution in [0.3, 0.4) is 0 Å². The minimum absolute atomic E-state index is 0.691. The van der Waals surface area contributed by atoms with Crippen molar-refractivity contribution in [3.8, 4) is 0 Å². The van der Waals surface area contributed by atoms with Crippen LogP contribution in [0.15, 0.2) is 41.3 Å². The van der Waals surface area contributed by atoms with Crippen LogP contribution in [0.4, 0.5) is 0 Å². The van der Waals surface area contributed by atoms with Crippen molar-refractivity contribution in [1.29, 1.82) is 0 Å². The van der Waals surface area contributed by atoms with Crippen LogP contribution in [0.25, 0.3) is 0 Å². The molecule has 3 nitrogen and oxygen atoms in total. The van der Waals surface area contributed by atoms with Crippen molar-refractivity contribution in [3.05, 3.63) is 41.9 Å². The van der Waals surface area contributed by atoms with Crippen LogP contribution in [0.1, 0.15) is 5.56 Å². The van der Waals surface area contributed by atoms with Crippen molar-refractivity contribution in [2.75, 3.05) is 6.54 Å². The lowest BCUT2D eigenvalue weighted by Gasteiger charge is -1.99. The quantitative estimate of drug-likeness (QED) is 0.656. The molecule has 1 aliphatic rings. The summed E-state index contributed by atoms with van der Waals surface area (Å²) in [6, 6.07) is 3.83. The van der Waals surface area contributed by atoms with Gasteiger partial charge in [0.15, 0.2) is 0 Å². The molecule has 2 rings (SSSR count). The summed E-state index contributed by atoms with van der Waals surface area (Å²) in [6.45, 7) is 0.691. The number of aromatic nitrogens is 1. The van der Waals surface area contributed by atoms with Crippen LogP contribution in [-0.4, -0.2) is 17.2 Å². The molecule has 60 valence electrons. The molecule has 0 saturated carbocycles. The minimum Gasteiger partial charge on any atom is -0.397 e. The molecule has 0 amide bonds. The highest BCUT2D eigenvalue weighted by Gasteiger charge is 2.09. The van der Waals surface area contributed by atoms with Gasteiger partial charge in [-0.1, -0.05) is 0 Å². The van der Waals surface area contributed by atoms with Crippen molar-refractivity contribution in [2.45, 2.75) is 0 Å². The molecule has 2 heterocycles. The number of nitrogens with zero attached hydrogens (tertiary/aromatic N) is 2. The number of aliphatic imine (C=N–C) groups is 1. The topological polar surface area (TPSA) is 51.3 Å². The summed E-state index contributed by atoms with van der Waals surface area (Å²) in [5.74, 6) is 0. The maximum atomic E-state index is 5.71. The first-order valence-corrected chi connectivity index (χ1v) is 3.79. The number of hydrogen-bond donors (Lipinski definition) is 1. The zero-order chi connectivity index (χ0) is 8.39. The van der Waals surface area contributed by atoms with Gasteiger partial charge < -0.3 is 5.73 Å². The van der Waals surface area contributed by atoms with Gasteiger partial charge in [-0.3, -0.25) is 9.98 Å². The first-order chi connectivity index (χ1) is 5.88. The molecule has 0 atom stereocenters. The molecule has 1 aromatic rings. The molecule has 0 saturated heterocycles. The average molecular weight is 159 g/mol. The van der Waals surface area contributed by atoms with Crippen LogP contribution in [0.5, 0.6) is 0 Å². The van der Waals surface area contributed by atoms with Gasteiger partial charge in [0.1, 0.15) is 0 Å². The molecule has 12 heavy (non-hydrogen) atoms. The summed E-state index contributed by atoms with van der Waals surface area (Å²) in [5, 5.41) is 0. The van der Waals surface area contributed by atoms with E-state index in [1.807, 2.05) is 18.2 Å². The average Bonchev–Trinajstić information content (AvgIpc) is 2.53. The molecule has 3 heteroatoms. The number of allylic oxidation sites excluding steroid dienone is 1. The van der Waals surface area contributed by atoms with Crippen LogP contribution < -0.4 is 5.73 Å². The van der Waals surface area contributed by atoms with Gasteiger partial charge in [-0.15, -0.1) is 0 Å². The van der Waals surface area contributed by atoms with Crippen LogP contribution in [-0.2, 0) is 0 Å². The second-order valence-electron chi connectivity index (χ2n) is 2.59. The van der Waals surface area contributed by atoms with E-state index in [2.05, 4.69) is 9.98 Å². The highest BCUT2D eigenvalue weighted by molar-refractivity contribution is 6.13. The lowest BCUT2D eigenvalue weighted by Crippen LogP contribution is -2.09. The van der Waals surface area contributed by atoms with Gasteiger partial charge in [-0.05, 0) is 18.2 Å². The zero-order valence-corrected chi connectivity index (χ0v) is 6.57. The number of pyridine rings is 1. The van der Waals surface area contributed by atoms with Crippen molar-refractivity contribution < 1.29 is 0 Å². The lowest BCUT2D eigenvalue weighted by atomic mass is 10.1. The highest BCUT2D eigenvalue weighted by atomic mass is 14.8. The SMILES string of the molecule is NC1=CCN=C1c1cccnc1. The van der Waals surface area contributed by atoms with Gasteiger partial charge in [0.05, 0.1) is 18.0 Å². The molecule has 0 aromatic carbocycles. The molecule has 0 fully saturated rings. The van der Waals surface area contributed by atoms with Gasteiger partial charge in [-0.2, -0.15) is 0 Å². The normalized spacial score (nSPS) is 15.7. The summed E-state index contributed by atoms with van der Waals surface area (Å²) in [6.07, 6.45) is 5.41. The lowest BCUT2D eigenvalue weighted by molar-refractivity contribution is 1.27. The fraction of sp³-hybridized carbons (Fsp3) is 0.111. The molecule has 1 aliphatic heterocycles. The first-order valence-electron chi connectivity index (χ1n) is 3.79. The van der Waals surface area contributed by atoms with Crippen molar-refractivity contribution in [2.24, 2.45) is 10.7 Å². The smallest absolute Gasteiger partial charge is 0.0892 e. The fourth-order valence-corrected chi connectivity index (χ4v) is 1.18. The van der Waals surface area contributed by atoms with Gasteiger partial charge in [0, 0.05) is 18.0 Å². The van der Waals surface area contributed by atoms with E-state index >= 15 is 0 Å². The van der Waals surface area contributed by atoms with E-state index in [0.717, 1.165) is 17.0 Å². The predicted octanol–water partition coefficient (Wildman–Crippen LogP) is 0.727. The fourth-order valence-electron chi connectivity index (χ4n) is 1.18. The molecule has 0 unspecified atom stereocenters. The predicted molar refractivity (Wildman–Crippen MR) is 47.9 cm³/mol. The molecular formula is C9H9N3. The van der Waals surface area contributed by atoms with E-state index in [1.165, 1.54) is 0 Å². The Bertz CT molecular complexity index is 338. The Hall–Kier alpha value is -1.64. The summed E-state index contributed by atoms with van der Waals surface area (Å²) in [4.78, 5) is 8.25. The molecule has 0 aliphatic carbocycles. The van der Waals surface area contributed by atoms with Gasteiger partial charge in [0.2, 0.25) is 0 Å². The van der Waals surface area contributed by atoms with Crippen molar-refractivity contribution in [3.63, 3.8) is 0 Å². The Balaban J connectivity index is 2.39. The van der Waals surface area contributed by atoms with E-state index in [4.69, 9.17) is 5.73 Å². The van der Waals surface area contributed by atoms with Gasteiger partial charge >= 0.3 is 0 Å². The van der Waals surface area contributed by atoms with Crippen molar-refractivity contribution >= 4 is 5.71 Å².